The first kappa shape index (κ1) is 32.0. The highest BCUT2D eigenvalue weighted by Crippen LogP contribution is 2.30. The minimum Gasteiger partial charge on any atom is -0.420 e. The van der Waals surface area contributed by atoms with Gasteiger partial charge in [-0.05, 0) is 89.6 Å². The topological polar surface area (TPSA) is 64.6 Å². The lowest BCUT2D eigenvalue weighted by atomic mass is 10.9. The van der Waals surface area contributed by atoms with Gasteiger partial charge >= 0.3 is 34.2 Å². The Morgan fingerprint density at radius 2 is 0.677 bits per heavy atom. The van der Waals surface area contributed by atoms with Crippen LogP contribution in [0.1, 0.15) is 0 Å². The van der Waals surface area contributed by atoms with Gasteiger partial charge in [-0.2, -0.15) is 0 Å². The Bertz CT molecular complexity index is 503. The smallest absolute Gasteiger partial charge is 0.325 e. The van der Waals surface area contributed by atoms with E-state index in [1.807, 2.05) is 0 Å². The molecule has 0 rings (SSSR count). The molecule has 0 spiro atoms. The summed E-state index contributed by atoms with van der Waals surface area (Å²) in [6.07, 6.45) is 0. The Balaban J connectivity index is 5.21. The average molecular weight is 547 g/mol. The second-order valence-corrected chi connectivity index (χ2v) is 34.0. The molecule has 0 aliphatic rings. The predicted molar refractivity (Wildman–Crippen MR) is 144 cm³/mol. The summed E-state index contributed by atoms with van der Waals surface area (Å²) in [5, 5.41) is 0. The van der Waals surface area contributed by atoms with E-state index in [9.17, 15) is 0 Å². The van der Waals surface area contributed by atoms with Gasteiger partial charge < -0.3 is 30.0 Å². The van der Waals surface area contributed by atoms with Crippen LogP contribution in [-0.4, -0.2) is 79.3 Å². The van der Waals surface area contributed by atoms with E-state index in [4.69, 9.17) is 30.0 Å². The van der Waals surface area contributed by atoms with Crippen molar-refractivity contribution < 1.29 is 30.0 Å². The van der Waals surface area contributed by atoms with E-state index >= 15 is 0 Å². The maximum atomic E-state index is 6.65. The first-order valence-corrected chi connectivity index (χ1v) is 28.0. The second-order valence-electron chi connectivity index (χ2n) is 10.7. The van der Waals surface area contributed by atoms with Crippen molar-refractivity contribution in [2.45, 2.75) is 89.6 Å². The molecule has 188 valence electrons. The minimum absolute atomic E-state index is 0.903. The van der Waals surface area contributed by atoms with E-state index in [-0.39, 0.29) is 0 Å². The highest BCUT2D eigenvalue weighted by Gasteiger charge is 2.47. The van der Waals surface area contributed by atoms with E-state index in [0.717, 1.165) is 24.2 Å². The van der Waals surface area contributed by atoms with Crippen molar-refractivity contribution in [2.24, 2.45) is 0 Å². The van der Waals surface area contributed by atoms with Crippen LogP contribution in [0.2, 0.25) is 89.6 Å². The Morgan fingerprint density at radius 1 is 0.387 bits per heavy atom. The summed E-state index contributed by atoms with van der Waals surface area (Å²) < 4.78 is 43.2. The molecule has 0 heterocycles. The van der Waals surface area contributed by atoms with Crippen molar-refractivity contribution in [1.29, 1.82) is 0 Å². The van der Waals surface area contributed by atoms with E-state index in [1.165, 1.54) is 0 Å². The van der Waals surface area contributed by atoms with Crippen LogP contribution in [0.4, 0.5) is 0 Å². The molecule has 13 heteroatoms. The molecule has 0 aromatic rings. The van der Waals surface area contributed by atoms with E-state index < -0.39 is 50.9 Å². The lowest BCUT2D eigenvalue weighted by Crippen LogP contribution is -2.58. The zero-order valence-electron chi connectivity index (χ0n) is 22.7. The van der Waals surface area contributed by atoms with E-state index in [1.54, 1.807) is 28.4 Å². The van der Waals surface area contributed by atoms with Gasteiger partial charge in [0.05, 0.1) is 0 Å². The van der Waals surface area contributed by atoms with Crippen molar-refractivity contribution in [3.63, 3.8) is 0 Å². The van der Waals surface area contributed by atoms with Gasteiger partial charge in [0, 0.05) is 28.4 Å². The van der Waals surface area contributed by atoms with Gasteiger partial charge in [-0.1, -0.05) is 0 Å². The van der Waals surface area contributed by atoms with Crippen LogP contribution in [0.15, 0.2) is 0 Å². The van der Waals surface area contributed by atoms with Gasteiger partial charge in [0.1, 0.15) is 0 Å². The molecule has 0 saturated heterocycles. The van der Waals surface area contributed by atoms with E-state index in [2.05, 4.69) is 65.5 Å². The fourth-order valence-electron chi connectivity index (χ4n) is 3.32. The lowest BCUT2D eigenvalue weighted by Gasteiger charge is -2.42. The number of rotatable bonds is 16. The molecular weight excluding hydrogens is 497 g/mol. The average Bonchev–Trinajstić information content (AvgIpc) is 2.63. The highest BCUT2D eigenvalue weighted by atomic mass is 28.5. The first-order chi connectivity index (χ1) is 13.8. The molecule has 0 N–H and O–H groups in total. The summed E-state index contributed by atoms with van der Waals surface area (Å²) in [5.41, 5.74) is 0. The molecule has 31 heavy (non-hydrogen) atoms. The number of hydrogen-bond acceptors (Lipinski definition) is 7. The number of hydrogen-bond donors (Lipinski definition) is 0. The maximum absolute atomic E-state index is 6.65. The summed E-state index contributed by atoms with van der Waals surface area (Å²) in [4.78, 5) is 0. The summed E-state index contributed by atoms with van der Waals surface area (Å²) in [5.74, 6) is 0. The normalized spacial score (nSPS) is 18.0. The van der Waals surface area contributed by atoms with Gasteiger partial charge in [-0.15, -0.1) is 0 Å². The molecule has 0 aromatic carbocycles. The third-order valence-corrected chi connectivity index (χ3v) is 27.2. The molecule has 0 aliphatic carbocycles. The molecule has 2 unspecified atom stereocenters. The molecule has 7 nitrogen and oxygen atoms in total. The molecular formula is C18H50O7Si6. The van der Waals surface area contributed by atoms with Crippen molar-refractivity contribution in [3.8, 4) is 0 Å². The third-order valence-electron chi connectivity index (χ3n) is 5.75. The summed E-state index contributed by atoms with van der Waals surface area (Å²) in [7, 11) is -5.93. The third kappa shape index (κ3) is 12.9. The van der Waals surface area contributed by atoms with Crippen LogP contribution < -0.4 is 0 Å². The van der Waals surface area contributed by atoms with Gasteiger partial charge in [0.25, 0.3) is 0 Å². The zero-order valence-corrected chi connectivity index (χ0v) is 28.7. The van der Waals surface area contributed by atoms with E-state index in [0.29, 0.717) is 0 Å². The van der Waals surface area contributed by atoms with Crippen LogP contribution in [0.3, 0.4) is 0 Å². The molecule has 0 bridgehead atoms. The van der Waals surface area contributed by atoms with Crippen LogP contribution >= 0.6 is 0 Å². The minimum atomic E-state index is -2.48. The van der Waals surface area contributed by atoms with Gasteiger partial charge in [-0.3, -0.25) is 0 Å². The zero-order chi connectivity index (χ0) is 24.8. The van der Waals surface area contributed by atoms with Crippen molar-refractivity contribution in [3.05, 3.63) is 0 Å². The molecule has 0 aromatic heterocycles. The molecule has 0 fully saturated rings. The highest BCUT2D eigenvalue weighted by molar-refractivity contribution is 6.88. The first-order valence-electron chi connectivity index (χ1n) is 11.1. The Morgan fingerprint density at radius 3 is 0.903 bits per heavy atom. The Hall–Kier alpha value is 1.02. The Labute approximate surface area is 198 Å². The van der Waals surface area contributed by atoms with Crippen molar-refractivity contribution in [1.82, 2.24) is 0 Å². The predicted octanol–water partition coefficient (Wildman–Crippen LogP) is 5.58. The molecule has 0 aliphatic heterocycles. The standard InChI is InChI=1S/C18H50O7Si6/c1-19-26(5,6)15-17-30(13,21-3)24-28(9,10)23-29(11,12)25-31(14,22-4)18-16-27(7,8)20-2/h15-18H2,1-14H3. The summed E-state index contributed by atoms with van der Waals surface area (Å²) >= 11 is 0. The second kappa shape index (κ2) is 12.1. The fourth-order valence-corrected chi connectivity index (χ4v) is 28.2. The molecule has 0 radical (unpaired) electrons. The molecule has 2 atom stereocenters. The lowest BCUT2D eigenvalue weighted by molar-refractivity contribution is 0.240. The van der Waals surface area contributed by atoms with Crippen LogP contribution in [0.25, 0.3) is 0 Å². The van der Waals surface area contributed by atoms with Gasteiger partial charge in [0.2, 0.25) is 0 Å². The maximum Gasteiger partial charge on any atom is 0.325 e. The summed E-state index contributed by atoms with van der Waals surface area (Å²) in [6.45, 7) is 21.6. The SMILES string of the molecule is CO[Si](C)(C)CC[Si](C)(OC)O[Si](C)(C)O[Si](C)(C)O[Si](C)(CC[Si](C)(C)OC)OC. The van der Waals surface area contributed by atoms with Crippen LogP contribution in [0, 0.1) is 0 Å². The Kier molecular flexibility index (Phi) is 12.5. The van der Waals surface area contributed by atoms with Crippen molar-refractivity contribution >= 4 is 50.9 Å². The largest absolute Gasteiger partial charge is 0.420 e. The van der Waals surface area contributed by atoms with Crippen LogP contribution in [-0.2, 0) is 30.0 Å². The fraction of sp³-hybridized carbons (Fsp3) is 1.00. The quantitative estimate of drug-likeness (QED) is 0.234. The molecule has 0 amide bonds. The van der Waals surface area contributed by atoms with Crippen molar-refractivity contribution in [2.75, 3.05) is 28.4 Å². The van der Waals surface area contributed by atoms with Gasteiger partial charge in [0.15, 0.2) is 16.6 Å². The van der Waals surface area contributed by atoms with Crippen LogP contribution in [0.5, 0.6) is 0 Å². The van der Waals surface area contributed by atoms with Gasteiger partial charge in [-0.25, -0.2) is 0 Å². The monoisotopic (exact) mass is 546 g/mol. The molecule has 0 saturated carbocycles. The summed E-state index contributed by atoms with van der Waals surface area (Å²) in [6, 6.07) is 3.83.